The summed E-state index contributed by atoms with van der Waals surface area (Å²) in [6.45, 7) is 7.61. The Bertz CT molecular complexity index is 751. The van der Waals surface area contributed by atoms with Crippen LogP contribution in [0.3, 0.4) is 0 Å². The molecular formula is C21H26N2O2. The van der Waals surface area contributed by atoms with E-state index >= 15 is 0 Å². The maximum Gasteiger partial charge on any atom is 0.258 e. The second-order valence-electron chi connectivity index (χ2n) is 6.70. The minimum atomic E-state index is 0.0693. The number of aromatic nitrogens is 1. The number of ether oxygens (including phenoxy) is 1. The van der Waals surface area contributed by atoms with E-state index < -0.39 is 0 Å². The van der Waals surface area contributed by atoms with Gasteiger partial charge < -0.3 is 9.64 Å². The smallest absolute Gasteiger partial charge is 0.258 e. The first kappa shape index (κ1) is 17.6. The molecule has 0 radical (unpaired) electrons. The van der Waals surface area contributed by atoms with E-state index in [2.05, 4.69) is 44.0 Å². The van der Waals surface area contributed by atoms with Gasteiger partial charge in [-0.05, 0) is 61.9 Å². The molecule has 2 heterocycles. The molecule has 0 unspecified atom stereocenters. The van der Waals surface area contributed by atoms with Crippen LogP contribution in [0.1, 0.15) is 46.8 Å². The van der Waals surface area contributed by atoms with Gasteiger partial charge >= 0.3 is 0 Å². The van der Waals surface area contributed by atoms with Crippen LogP contribution in [-0.4, -0.2) is 30.1 Å². The minimum absolute atomic E-state index is 0.0693. The monoisotopic (exact) mass is 338 g/mol. The molecule has 1 aliphatic heterocycles. The van der Waals surface area contributed by atoms with Gasteiger partial charge in [0, 0.05) is 42.9 Å². The molecule has 1 aromatic heterocycles. The predicted molar refractivity (Wildman–Crippen MR) is 100 cm³/mol. The third-order valence-corrected chi connectivity index (χ3v) is 4.91. The summed E-state index contributed by atoms with van der Waals surface area (Å²) in [7, 11) is 0. The number of aryl methyl sites for hydroxylation is 3. The van der Waals surface area contributed by atoms with E-state index in [0.29, 0.717) is 13.2 Å². The minimum Gasteiger partial charge on any atom is -0.381 e. The third kappa shape index (κ3) is 3.74. The average molecular weight is 338 g/mol. The van der Waals surface area contributed by atoms with Crippen molar-refractivity contribution in [1.29, 1.82) is 0 Å². The lowest BCUT2D eigenvalue weighted by molar-refractivity contribution is 0.0771. The number of amides is 1. The van der Waals surface area contributed by atoms with Gasteiger partial charge in [-0.15, -0.1) is 0 Å². The Balaban J connectivity index is 2.07. The molecule has 132 valence electrons. The number of hydrogen-bond acceptors (Lipinski definition) is 3. The van der Waals surface area contributed by atoms with E-state index in [1.54, 1.807) is 12.4 Å². The molecule has 4 nitrogen and oxygen atoms in total. The first-order chi connectivity index (χ1) is 12.1. The van der Waals surface area contributed by atoms with Crippen molar-refractivity contribution in [3.8, 4) is 0 Å². The van der Waals surface area contributed by atoms with Crippen LogP contribution < -0.4 is 4.90 Å². The normalized spacial score (nSPS) is 15.2. The molecule has 1 fully saturated rings. The fourth-order valence-electron chi connectivity index (χ4n) is 3.44. The second-order valence-corrected chi connectivity index (χ2v) is 6.70. The zero-order valence-corrected chi connectivity index (χ0v) is 15.3. The maximum atomic E-state index is 13.5. The van der Waals surface area contributed by atoms with Gasteiger partial charge in [0.2, 0.25) is 0 Å². The van der Waals surface area contributed by atoms with Gasteiger partial charge in [0.15, 0.2) is 0 Å². The Morgan fingerprint density at radius 2 is 2.00 bits per heavy atom. The first-order valence-electron chi connectivity index (χ1n) is 9.03. The average Bonchev–Trinajstić information content (AvgIpc) is 2.65. The summed E-state index contributed by atoms with van der Waals surface area (Å²) in [5.74, 6) is 0.0693. The number of nitrogens with zero attached hydrogens (tertiary/aromatic N) is 2. The summed E-state index contributed by atoms with van der Waals surface area (Å²) in [4.78, 5) is 19.7. The van der Waals surface area contributed by atoms with E-state index in [4.69, 9.17) is 4.74 Å². The number of carbonyl (C=O) groups excluding carboxylic acids is 1. The van der Waals surface area contributed by atoms with E-state index in [1.807, 2.05) is 11.0 Å². The number of anilines is 1. The van der Waals surface area contributed by atoms with Gasteiger partial charge in [0.05, 0.1) is 0 Å². The summed E-state index contributed by atoms with van der Waals surface area (Å²) >= 11 is 0. The quantitative estimate of drug-likeness (QED) is 0.843. The molecule has 4 heteroatoms. The topological polar surface area (TPSA) is 42.4 Å². The SMILES string of the molecule is CCc1cnccc1C(=O)N(c1cc(C)ccc1C)C1CCOCC1. The fraction of sp³-hybridized carbons (Fsp3) is 0.429. The lowest BCUT2D eigenvalue weighted by atomic mass is 10.00. The Kier molecular flexibility index (Phi) is 5.49. The molecular weight excluding hydrogens is 312 g/mol. The maximum absolute atomic E-state index is 13.5. The highest BCUT2D eigenvalue weighted by molar-refractivity contribution is 6.07. The van der Waals surface area contributed by atoms with Gasteiger partial charge in [-0.3, -0.25) is 9.78 Å². The molecule has 0 saturated carbocycles. The van der Waals surface area contributed by atoms with Crippen molar-refractivity contribution in [2.24, 2.45) is 0 Å². The van der Waals surface area contributed by atoms with Gasteiger partial charge in [0.25, 0.3) is 5.91 Å². The Morgan fingerprint density at radius 1 is 1.24 bits per heavy atom. The van der Waals surface area contributed by atoms with Crippen LogP contribution in [0.2, 0.25) is 0 Å². The molecule has 0 bridgehead atoms. The molecule has 0 aliphatic carbocycles. The molecule has 1 aromatic carbocycles. The summed E-state index contributed by atoms with van der Waals surface area (Å²) < 4.78 is 5.52. The number of rotatable bonds is 4. The van der Waals surface area contributed by atoms with Gasteiger partial charge in [-0.2, -0.15) is 0 Å². The zero-order valence-electron chi connectivity index (χ0n) is 15.3. The van der Waals surface area contributed by atoms with E-state index in [1.165, 1.54) is 0 Å². The number of hydrogen-bond donors (Lipinski definition) is 0. The number of benzene rings is 1. The van der Waals surface area contributed by atoms with Gasteiger partial charge in [-0.25, -0.2) is 0 Å². The van der Waals surface area contributed by atoms with Crippen molar-refractivity contribution < 1.29 is 9.53 Å². The summed E-state index contributed by atoms with van der Waals surface area (Å²) in [6, 6.07) is 8.32. The van der Waals surface area contributed by atoms with Crippen LogP contribution in [0.15, 0.2) is 36.7 Å². The molecule has 1 amide bonds. The van der Waals surface area contributed by atoms with Crippen LogP contribution in [0, 0.1) is 13.8 Å². The highest BCUT2D eigenvalue weighted by Crippen LogP contribution is 2.29. The molecule has 25 heavy (non-hydrogen) atoms. The molecule has 0 N–H and O–H groups in total. The van der Waals surface area contributed by atoms with Crippen LogP contribution in [0.25, 0.3) is 0 Å². The van der Waals surface area contributed by atoms with Crippen molar-refractivity contribution in [2.45, 2.75) is 46.1 Å². The third-order valence-electron chi connectivity index (χ3n) is 4.91. The van der Waals surface area contributed by atoms with Crippen molar-refractivity contribution in [1.82, 2.24) is 4.98 Å². The largest absolute Gasteiger partial charge is 0.381 e. The molecule has 2 aromatic rings. The zero-order chi connectivity index (χ0) is 17.8. The van der Waals surface area contributed by atoms with Crippen molar-refractivity contribution in [3.05, 3.63) is 58.9 Å². The van der Waals surface area contributed by atoms with E-state index in [-0.39, 0.29) is 11.9 Å². The van der Waals surface area contributed by atoms with Crippen LogP contribution >= 0.6 is 0 Å². The van der Waals surface area contributed by atoms with Crippen molar-refractivity contribution >= 4 is 11.6 Å². The van der Waals surface area contributed by atoms with E-state index in [9.17, 15) is 4.79 Å². The van der Waals surface area contributed by atoms with Crippen LogP contribution in [0.5, 0.6) is 0 Å². The summed E-state index contributed by atoms with van der Waals surface area (Å²) in [5, 5.41) is 0. The highest BCUT2D eigenvalue weighted by Gasteiger charge is 2.30. The Morgan fingerprint density at radius 3 is 2.72 bits per heavy atom. The Hall–Kier alpha value is -2.20. The lowest BCUT2D eigenvalue weighted by Gasteiger charge is -2.36. The number of carbonyl (C=O) groups is 1. The Labute approximate surface area is 149 Å². The number of pyridine rings is 1. The standard InChI is InChI=1S/C21H26N2O2/c1-4-17-14-22-10-7-19(17)21(24)23(18-8-11-25-12-9-18)20-13-15(2)5-6-16(20)3/h5-7,10,13-14,18H,4,8-9,11-12H2,1-3H3. The van der Waals surface area contributed by atoms with Gasteiger partial charge in [-0.1, -0.05) is 19.1 Å². The van der Waals surface area contributed by atoms with E-state index in [0.717, 1.165) is 47.2 Å². The van der Waals surface area contributed by atoms with Crippen LogP contribution in [0.4, 0.5) is 5.69 Å². The van der Waals surface area contributed by atoms with Crippen molar-refractivity contribution in [3.63, 3.8) is 0 Å². The molecule has 1 aliphatic rings. The summed E-state index contributed by atoms with van der Waals surface area (Å²) in [6.07, 6.45) is 6.04. The molecule has 3 rings (SSSR count). The predicted octanol–water partition coefficient (Wildman–Crippen LogP) is 4.09. The molecule has 0 atom stereocenters. The fourth-order valence-corrected chi connectivity index (χ4v) is 3.44. The second kappa shape index (κ2) is 7.79. The van der Waals surface area contributed by atoms with Gasteiger partial charge in [0.1, 0.15) is 0 Å². The highest BCUT2D eigenvalue weighted by atomic mass is 16.5. The lowest BCUT2D eigenvalue weighted by Crippen LogP contribution is -2.44. The van der Waals surface area contributed by atoms with Crippen LogP contribution in [-0.2, 0) is 11.2 Å². The molecule has 1 saturated heterocycles. The molecule has 0 spiro atoms. The summed E-state index contributed by atoms with van der Waals surface area (Å²) in [5.41, 5.74) is 5.05. The van der Waals surface area contributed by atoms with Crippen molar-refractivity contribution in [2.75, 3.05) is 18.1 Å². The first-order valence-corrected chi connectivity index (χ1v) is 9.03.